The highest BCUT2D eigenvalue weighted by atomic mass is 16.2. The van der Waals surface area contributed by atoms with Crippen LogP contribution in [0.4, 0.5) is 0 Å². The van der Waals surface area contributed by atoms with Gasteiger partial charge in [0.25, 0.3) is 5.91 Å². The molecule has 1 fully saturated rings. The number of likely N-dealkylation sites (tertiary alicyclic amines) is 1. The second-order valence-corrected chi connectivity index (χ2v) is 6.21. The normalized spacial score (nSPS) is 19.2. The van der Waals surface area contributed by atoms with Crippen molar-refractivity contribution in [3.63, 3.8) is 0 Å². The molecule has 0 radical (unpaired) electrons. The lowest BCUT2D eigenvalue weighted by molar-refractivity contribution is 0.0683. The first-order valence-electron chi connectivity index (χ1n) is 8.56. The molecular weight excluding hydrogens is 300 g/mol. The van der Waals surface area contributed by atoms with Crippen molar-refractivity contribution in [2.75, 3.05) is 19.6 Å². The average molecular weight is 324 g/mol. The number of amides is 1. The molecule has 2 atom stereocenters. The average Bonchev–Trinajstić information content (AvgIpc) is 3.13. The van der Waals surface area contributed by atoms with Gasteiger partial charge in [0.15, 0.2) is 0 Å². The second-order valence-electron chi connectivity index (χ2n) is 6.21. The van der Waals surface area contributed by atoms with Gasteiger partial charge in [0.05, 0.1) is 6.20 Å². The maximum atomic E-state index is 12.7. The third-order valence-corrected chi connectivity index (χ3v) is 4.85. The lowest BCUT2D eigenvalue weighted by atomic mass is 10.1. The molecule has 5 heteroatoms. The van der Waals surface area contributed by atoms with E-state index in [2.05, 4.69) is 46.1 Å². The van der Waals surface area contributed by atoms with E-state index >= 15 is 0 Å². The van der Waals surface area contributed by atoms with E-state index in [1.165, 1.54) is 5.56 Å². The lowest BCUT2D eigenvalue weighted by Gasteiger charge is -2.29. The molecule has 0 aliphatic carbocycles. The molecule has 0 spiro atoms. The van der Waals surface area contributed by atoms with Gasteiger partial charge >= 0.3 is 0 Å². The second kappa shape index (κ2) is 7.53. The smallest absolute Gasteiger partial charge is 0.274 e. The summed E-state index contributed by atoms with van der Waals surface area (Å²) in [6.07, 6.45) is 5.70. The van der Waals surface area contributed by atoms with E-state index in [0.717, 1.165) is 19.5 Å². The summed E-state index contributed by atoms with van der Waals surface area (Å²) < 4.78 is 0. The van der Waals surface area contributed by atoms with Crippen LogP contribution in [0.2, 0.25) is 0 Å². The van der Waals surface area contributed by atoms with Crippen molar-refractivity contribution in [3.8, 4) is 0 Å². The number of likely N-dealkylation sites (N-methyl/N-ethyl adjacent to an activating group) is 1. The van der Waals surface area contributed by atoms with E-state index in [9.17, 15) is 4.79 Å². The van der Waals surface area contributed by atoms with Crippen LogP contribution in [0, 0.1) is 0 Å². The van der Waals surface area contributed by atoms with Gasteiger partial charge in [-0.2, -0.15) is 0 Å². The Kier molecular flexibility index (Phi) is 5.20. The highest BCUT2D eigenvalue weighted by Gasteiger charge is 2.33. The van der Waals surface area contributed by atoms with Gasteiger partial charge in [0.1, 0.15) is 5.69 Å². The minimum Gasteiger partial charge on any atom is -0.333 e. The first-order chi connectivity index (χ1) is 11.7. The Hall–Kier alpha value is -2.27. The molecule has 1 aromatic carbocycles. The number of hydrogen-bond donors (Lipinski definition) is 0. The number of benzene rings is 1. The monoisotopic (exact) mass is 324 g/mol. The fraction of sp³-hybridized carbons (Fsp3) is 0.421. The van der Waals surface area contributed by atoms with E-state index in [1.807, 2.05) is 17.9 Å². The number of nitrogens with zero attached hydrogens (tertiary/aromatic N) is 4. The highest BCUT2D eigenvalue weighted by Crippen LogP contribution is 2.27. The van der Waals surface area contributed by atoms with Gasteiger partial charge in [-0.15, -0.1) is 0 Å². The molecule has 1 amide bonds. The van der Waals surface area contributed by atoms with Crippen molar-refractivity contribution in [1.29, 1.82) is 0 Å². The van der Waals surface area contributed by atoms with E-state index < -0.39 is 0 Å². The molecular formula is C19H24N4O. The Morgan fingerprint density at radius 3 is 2.79 bits per heavy atom. The Morgan fingerprint density at radius 1 is 1.33 bits per heavy atom. The number of carbonyl (C=O) groups excluding carboxylic acids is 1. The maximum absolute atomic E-state index is 12.7. The van der Waals surface area contributed by atoms with Gasteiger partial charge < -0.3 is 4.90 Å². The molecule has 1 saturated heterocycles. The first-order valence-corrected chi connectivity index (χ1v) is 8.56. The Bertz CT molecular complexity index is 662. The summed E-state index contributed by atoms with van der Waals surface area (Å²) >= 11 is 0. The first kappa shape index (κ1) is 16.6. The van der Waals surface area contributed by atoms with Gasteiger partial charge in [0.2, 0.25) is 0 Å². The molecule has 0 saturated carbocycles. The van der Waals surface area contributed by atoms with Gasteiger partial charge in [0, 0.05) is 44.1 Å². The SMILES string of the molecule is CCN(C(=O)c1cnccn1)[C@@H]1CCN([C@@H](C)c2ccccc2)C1. The van der Waals surface area contributed by atoms with E-state index in [1.54, 1.807) is 18.6 Å². The zero-order chi connectivity index (χ0) is 16.9. The van der Waals surface area contributed by atoms with Crippen LogP contribution >= 0.6 is 0 Å². The van der Waals surface area contributed by atoms with Gasteiger partial charge in [-0.25, -0.2) is 4.98 Å². The standard InChI is InChI=1S/C19H24N4O/c1-3-23(19(24)18-13-20-10-11-21-18)17-9-12-22(14-17)15(2)16-7-5-4-6-8-16/h4-8,10-11,13,15,17H,3,9,12,14H2,1-2H3/t15-,17+/m0/s1. The summed E-state index contributed by atoms with van der Waals surface area (Å²) in [6, 6.07) is 11.1. The fourth-order valence-electron chi connectivity index (χ4n) is 3.44. The van der Waals surface area contributed by atoms with Crippen LogP contribution in [0.25, 0.3) is 0 Å². The van der Waals surface area contributed by atoms with Crippen LogP contribution in [-0.2, 0) is 0 Å². The van der Waals surface area contributed by atoms with Gasteiger partial charge in [-0.3, -0.25) is 14.7 Å². The van der Waals surface area contributed by atoms with Crippen LogP contribution in [-0.4, -0.2) is 51.4 Å². The summed E-state index contributed by atoms with van der Waals surface area (Å²) in [7, 11) is 0. The van der Waals surface area contributed by atoms with Gasteiger partial charge in [-0.1, -0.05) is 30.3 Å². The summed E-state index contributed by atoms with van der Waals surface area (Å²) in [6.45, 7) is 6.85. The van der Waals surface area contributed by atoms with Crippen molar-refractivity contribution in [1.82, 2.24) is 19.8 Å². The molecule has 0 unspecified atom stereocenters. The molecule has 0 N–H and O–H groups in total. The predicted molar refractivity (Wildman–Crippen MR) is 93.6 cm³/mol. The Morgan fingerprint density at radius 2 is 2.12 bits per heavy atom. The molecule has 3 rings (SSSR count). The van der Waals surface area contributed by atoms with Crippen molar-refractivity contribution >= 4 is 5.91 Å². The van der Waals surface area contributed by atoms with Crippen molar-refractivity contribution in [3.05, 3.63) is 60.2 Å². The van der Waals surface area contributed by atoms with Crippen molar-refractivity contribution < 1.29 is 4.79 Å². The molecule has 1 aliphatic rings. The fourth-order valence-corrected chi connectivity index (χ4v) is 3.44. The third-order valence-electron chi connectivity index (χ3n) is 4.85. The molecule has 1 aliphatic heterocycles. The Labute approximate surface area is 143 Å². The summed E-state index contributed by atoms with van der Waals surface area (Å²) in [5, 5.41) is 0. The summed E-state index contributed by atoms with van der Waals surface area (Å²) in [5.41, 5.74) is 1.75. The number of hydrogen-bond acceptors (Lipinski definition) is 4. The molecule has 24 heavy (non-hydrogen) atoms. The molecule has 5 nitrogen and oxygen atoms in total. The predicted octanol–water partition coefficient (Wildman–Crippen LogP) is 2.77. The lowest BCUT2D eigenvalue weighted by Crippen LogP contribution is -2.42. The maximum Gasteiger partial charge on any atom is 0.274 e. The zero-order valence-corrected chi connectivity index (χ0v) is 14.3. The Balaban J connectivity index is 1.68. The van der Waals surface area contributed by atoms with Crippen LogP contribution < -0.4 is 0 Å². The highest BCUT2D eigenvalue weighted by molar-refractivity contribution is 5.92. The van der Waals surface area contributed by atoms with E-state index in [0.29, 0.717) is 18.3 Å². The quantitative estimate of drug-likeness (QED) is 0.848. The molecule has 1 aromatic heterocycles. The van der Waals surface area contributed by atoms with Crippen molar-refractivity contribution in [2.45, 2.75) is 32.4 Å². The molecule has 126 valence electrons. The van der Waals surface area contributed by atoms with Crippen LogP contribution in [0.15, 0.2) is 48.9 Å². The third kappa shape index (κ3) is 3.46. The van der Waals surface area contributed by atoms with Crippen molar-refractivity contribution in [2.24, 2.45) is 0 Å². The largest absolute Gasteiger partial charge is 0.333 e. The zero-order valence-electron chi connectivity index (χ0n) is 14.3. The topological polar surface area (TPSA) is 49.3 Å². The molecule has 0 bridgehead atoms. The minimum absolute atomic E-state index is 0.0233. The summed E-state index contributed by atoms with van der Waals surface area (Å²) in [4.78, 5) is 25.3. The minimum atomic E-state index is -0.0233. The van der Waals surface area contributed by atoms with Crippen LogP contribution in [0.5, 0.6) is 0 Å². The van der Waals surface area contributed by atoms with Crippen LogP contribution in [0.3, 0.4) is 0 Å². The number of carbonyl (C=O) groups is 1. The van der Waals surface area contributed by atoms with Crippen LogP contribution in [0.1, 0.15) is 42.4 Å². The molecule has 2 aromatic rings. The van der Waals surface area contributed by atoms with Gasteiger partial charge in [-0.05, 0) is 25.8 Å². The summed E-state index contributed by atoms with van der Waals surface area (Å²) in [5.74, 6) is -0.0233. The molecule has 2 heterocycles. The number of rotatable bonds is 5. The van der Waals surface area contributed by atoms with E-state index in [4.69, 9.17) is 0 Å². The van der Waals surface area contributed by atoms with E-state index in [-0.39, 0.29) is 11.9 Å². The number of aromatic nitrogens is 2.